The summed E-state index contributed by atoms with van der Waals surface area (Å²) in [5.74, 6) is -0.576. The smallest absolute Gasteiger partial charge is 0.230 e. The number of carbonyl (C=O) groups is 2. The maximum atomic E-state index is 13.1. The van der Waals surface area contributed by atoms with Crippen molar-refractivity contribution in [3.05, 3.63) is 35.6 Å². The third-order valence-corrected chi connectivity index (χ3v) is 5.55. The van der Waals surface area contributed by atoms with Gasteiger partial charge in [-0.25, -0.2) is 4.39 Å². The second-order valence-corrected chi connectivity index (χ2v) is 7.92. The highest BCUT2D eigenvalue weighted by Gasteiger charge is 2.42. The van der Waals surface area contributed by atoms with Crippen LogP contribution in [0.5, 0.6) is 0 Å². The van der Waals surface area contributed by atoms with E-state index in [-0.39, 0.29) is 35.7 Å². The normalized spacial score (nSPS) is 16.3. The van der Waals surface area contributed by atoms with E-state index < -0.39 is 17.2 Å². The minimum atomic E-state index is -0.470. The second-order valence-electron chi connectivity index (χ2n) is 7.92. The molecule has 30 heavy (non-hydrogen) atoms. The average Bonchev–Trinajstić information content (AvgIpc) is 3.17. The molecule has 0 bridgehead atoms. The summed E-state index contributed by atoms with van der Waals surface area (Å²) in [7, 11) is 5.20. The first-order chi connectivity index (χ1) is 13.8. The Labute approximate surface area is 195 Å². The van der Waals surface area contributed by atoms with Crippen LogP contribution >= 0.6 is 24.0 Å². The minimum Gasteiger partial charge on any atom is -0.369 e. The third kappa shape index (κ3) is 7.10. The lowest BCUT2D eigenvalue weighted by molar-refractivity contribution is -0.138. The van der Waals surface area contributed by atoms with E-state index in [1.807, 2.05) is 0 Å². The van der Waals surface area contributed by atoms with Gasteiger partial charge in [0.1, 0.15) is 5.82 Å². The van der Waals surface area contributed by atoms with Crippen LogP contribution in [0.1, 0.15) is 31.2 Å². The molecular formula is C21H33FIN5O2. The molecule has 4 N–H and O–H groups in total. The summed E-state index contributed by atoms with van der Waals surface area (Å²) >= 11 is 0. The molecule has 1 aliphatic carbocycles. The van der Waals surface area contributed by atoms with Crippen molar-refractivity contribution < 1.29 is 14.0 Å². The molecule has 1 aliphatic rings. The molecule has 0 aliphatic heterocycles. The van der Waals surface area contributed by atoms with Gasteiger partial charge in [0.2, 0.25) is 11.8 Å². The molecule has 1 saturated carbocycles. The fourth-order valence-corrected chi connectivity index (χ4v) is 3.86. The van der Waals surface area contributed by atoms with Gasteiger partial charge in [0.15, 0.2) is 5.96 Å². The summed E-state index contributed by atoms with van der Waals surface area (Å²) < 4.78 is 13.1. The van der Waals surface area contributed by atoms with Crippen LogP contribution in [0.25, 0.3) is 0 Å². The Bertz CT molecular complexity index is 733. The van der Waals surface area contributed by atoms with E-state index in [9.17, 15) is 14.0 Å². The fraction of sp³-hybridized carbons (Fsp3) is 0.571. The fourth-order valence-electron chi connectivity index (χ4n) is 3.86. The number of nitrogens with zero attached hydrogens (tertiary/aromatic N) is 2. The predicted octanol–water partition coefficient (Wildman–Crippen LogP) is 1.90. The van der Waals surface area contributed by atoms with Crippen LogP contribution in [0, 0.1) is 17.2 Å². The van der Waals surface area contributed by atoms with Gasteiger partial charge in [-0.3, -0.25) is 14.6 Å². The maximum Gasteiger partial charge on any atom is 0.230 e. The number of guanidine groups is 1. The molecule has 9 heteroatoms. The summed E-state index contributed by atoms with van der Waals surface area (Å²) in [6.07, 6.45) is 4.18. The predicted molar refractivity (Wildman–Crippen MR) is 127 cm³/mol. The van der Waals surface area contributed by atoms with Gasteiger partial charge in [-0.15, -0.1) is 24.0 Å². The monoisotopic (exact) mass is 533 g/mol. The Balaban J connectivity index is 0.00000450. The van der Waals surface area contributed by atoms with Crippen molar-refractivity contribution in [1.29, 1.82) is 0 Å². The topological polar surface area (TPSA) is 99.8 Å². The molecule has 0 saturated heterocycles. The van der Waals surface area contributed by atoms with Crippen LogP contribution in [0.3, 0.4) is 0 Å². The minimum absolute atomic E-state index is 0. The Morgan fingerprint density at radius 3 is 2.30 bits per heavy atom. The van der Waals surface area contributed by atoms with Crippen molar-refractivity contribution in [1.82, 2.24) is 15.5 Å². The molecule has 2 amide bonds. The number of nitrogens with one attached hydrogen (secondary N) is 2. The van der Waals surface area contributed by atoms with Crippen molar-refractivity contribution in [3.63, 3.8) is 0 Å². The highest BCUT2D eigenvalue weighted by Crippen LogP contribution is 2.38. The number of halogens is 2. The zero-order valence-electron chi connectivity index (χ0n) is 17.9. The van der Waals surface area contributed by atoms with E-state index >= 15 is 0 Å². The molecule has 7 nitrogen and oxygen atoms in total. The first kappa shape index (κ1) is 26.1. The first-order valence-electron chi connectivity index (χ1n) is 9.97. The van der Waals surface area contributed by atoms with Gasteiger partial charge >= 0.3 is 0 Å². The van der Waals surface area contributed by atoms with Gasteiger partial charge in [-0.1, -0.05) is 25.0 Å². The van der Waals surface area contributed by atoms with Crippen LogP contribution in [0.4, 0.5) is 4.39 Å². The number of rotatable bonds is 8. The average molecular weight is 533 g/mol. The second kappa shape index (κ2) is 12.1. The molecule has 0 radical (unpaired) electrons. The van der Waals surface area contributed by atoms with Crippen LogP contribution in [-0.4, -0.2) is 56.9 Å². The van der Waals surface area contributed by atoms with Gasteiger partial charge in [-0.2, -0.15) is 0 Å². The quantitative estimate of drug-likeness (QED) is 0.270. The number of aliphatic imine (C=N–C) groups is 1. The Morgan fingerprint density at radius 2 is 1.80 bits per heavy atom. The summed E-state index contributed by atoms with van der Waals surface area (Å²) in [6.45, 7) is 0.782. The van der Waals surface area contributed by atoms with Crippen molar-refractivity contribution in [2.45, 2.75) is 32.1 Å². The lowest BCUT2D eigenvalue weighted by atomic mass is 9.84. The molecular weight excluding hydrogens is 500 g/mol. The molecule has 1 aromatic rings. The number of hydrogen-bond acceptors (Lipinski definition) is 3. The number of primary amides is 1. The van der Waals surface area contributed by atoms with E-state index in [1.54, 1.807) is 38.2 Å². The van der Waals surface area contributed by atoms with Crippen LogP contribution < -0.4 is 16.4 Å². The standard InChI is InChI=1S/C21H32FN5O2.HI/c1-24-20(26-14-21(10-4-5-11-21)19(29)27(2)3)25-13-16(18(23)28)12-15-6-8-17(22)9-7-15;/h6-9,16H,4-5,10-14H2,1-3H3,(H2,23,28)(H2,24,25,26);1H. The molecule has 0 aromatic heterocycles. The highest BCUT2D eigenvalue weighted by atomic mass is 127. The molecule has 2 rings (SSSR count). The zero-order valence-corrected chi connectivity index (χ0v) is 20.2. The number of nitrogens with two attached hydrogens (primary N) is 1. The van der Waals surface area contributed by atoms with Gasteiger partial charge in [0, 0.05) is 34.2 Å². The number of carbonyl (C=O) groups excluding carboxylic acids is 2. The zero-order chi connectivity index (χ0) is 21.4. The summed E-state index contributed by atoms with van der Waals surface area (Å²) in [6, 6.07) is 6.03. The Morgan fingerprint density at radius 1 is 1.20 bits per heavy atom. The van der Waals surface area contributed by atoms with Crippen molar-refractivity contribution in [3.8, 4) is 0 Å². The van der Waals surface area contributed by atoms with E-state index in [0.29, 0.717) is 25.5 Å². The Hall–Kier alpha value is -1.91. The van der Waals surface area contributed by atoms with Gasteiger partial charge < -0.3 is 21.3 Å². The molecule has 168 valence electrons. The van der Waals surface area contributed by atoms with Gasteiger partial charge in [0.25, 0.3) is 0 Å². The van der Waals surface area contributed by atoms with Gasteiger partial charge in [0.05, 0.1) is 11.3 Å². The highest BCUT2D eigenvalue weighted by molar-refractivity contribution is 14.0. The molecule has 1 atom stereocenters. The van der Waals surface area contributed by atoms with Crippen LogP contribution in [0.15, 0.2) is 29.3 Å². The molecule has 1 aromatic carbocycles. The number of amides is 2. The lowest BCUT2D eigenvalue weighted by Gasteiger charge is -2.31. The number of benzene rings is 1. The van der Waals surface area contributed by atoms with E-state index in [2.05, 4.69) is 15.6 Å². The van der Waals surface area contributed by atoms with Gasteiger partial charge in [-0.05, 0) is 37.0 Å². The third-order valence-electron chi connectivity index (χ3n) is 5.55. The van der Waals surface area contributed by atoms with Crippen molar-refractivity contribution in [2.24, 2.45) is 22.1 Å². The summed E-state index contributed by atoms with van der Waals surface area (Å²) in [5, 5.41) is 6.37. The van der Waals surface area contributed by atoms with Crippen LogP contribution in [-0.2, 0) is 16.0 Å². The largest absolute Gasteiger partial charge is 0.369 e. The number of hydrogen-bond donors (Lipinski definition) is 3. The van der Waals surface area contributed by atoms with E-state index in [4.69, 9.17) is 5.73 Å². The van der Waals surface area contributed by atoms with Crippen LogP contribution in [0.2, 0.25) is 0 Å². The van der Waals surface area contributed by atoms with E-state index in [0.717, 1.165) is 31.2 Å². The molecule has 1 unspecified atom stereocenters. The summed E-state index contributed by atoms with van der Waals surface area (Å²) in [5.41, 5.74) is 5.96. The lowest BCUT2D eigenvalue weighted by Crippen LogP contribution is -2.50. The SMILES string of the molecule is CN=C(NCC(Cc1ccc(F)cc1)C(N)=O)NCC1(C(=O)N(C)C)CCCC1.I. The van der Waals surface area contributed by atoms with E-state index in [1.165, 1.54) is 12.1 Å². The Kier molecular flexibility index (Phi) is 10.5. The first-order valence-corrected chi connectivity index (χ1v) is 9.97. The maximum absolute atomic E-state index is 13.1. The van der Waals surface area contributed by atoms with Crippen molar-refractivity contribution >= 4 is 41.8 Å². The molecule has 1 fully saturated rings. The molecule has 0 spiro atoms. The van der Waals surface area contributed by atoms with Crippen molar-refractivity contribution in [2.75, 3.05) is 34.2 Å². The summed E-state index contributed by atoms with van der Waals surface area (Å²) in [4.78, 5) is 30.4. The molecule has 0 heterocycles.